The van der Waals surface area contributed by atoms with E-state index in [1.54, 1.807) is 11.6 Å². The Labute approximate surface area is 195 Å². The molecule has 6 nitrogen and oxygen atoms in total. The van der Waals surface area contributed by atoms with Crippen molar-refractivity contribution in [1.82, 2.24) is 14.4 Å². The van der Waals surface area contributed by atoms with Crippen molar-refractivity contribution < 1.29 is 8.73 Å². The van der Waals surface area contributed by atoms with Crippen LogP contribution in [0.1, 0.15) is 37.1 Å². The Morgan fingerprint density at radius 2 is 1.85 bits per heavy atom. The maximum Gasteiger partial charge on any atom is 0.258 e. The fraction of sp³-hybridized carbons (Fsp3) is 0.308. The fourth-order valence-corrected chi connectivity index (χ4v) is 5.89. The van der Waals surface area contributed by atoms with Gasteiger partial charge in [-0.15, -0.1) is 0 Å². The number of benzene rings is 2. The van der Waals surface area contributed by atoms with Crippen LogP contribution in [0.4, 0.5) is 0 Å². The SMILES string of the molecule is Cc1noc(C)c1-c1ccc2c(c1)cc(-c1cccc(S(=O)NC3CCCC3)c1)c(=O)n2C. The first-order chi connectivity index (χ1) is 15.9. The molecule has 1 fully saturated rings. The van der Waals surface area contributed by atoms with Crippen molar-refractivity contribution >= 4 is 21.9 Å². The van der Waals surface area contributed by atoms with Gasteiger partial charge in [-0.1, -0.05) is 36.2 Å². The zero-order valence-electron chi connectivity index (χ0n) is 19.1. The van der Waals surface area contributed by atoms with Gasteiger partial charge in [0.15, 0.2) is 0 Å². The van der Waals surface area contributed by atoms with E-state index in [-0.39, 0.29) is 5.56 Å². The van der Waals surface area contributed by atoms with Crippen LogP contribution in [0.5, 0.6) is 0 Å². The Kier molecular flexibility index (Phi) is 5.76. The standard InChI is InChI=1S/C26H27N3O3S/c1-16-25(17(2)32-27-16)19-11-12-24-20(13-19)15-23(26(30)29(24)3)18-7-6-10-22(14-18)33(31)28-21-8-4-5-9-21/h6-7,10-15,21,28H,4-5,8-9H2,1-3H3. The Morgan fingerprint density at radius 3 is 2.58 bits per heavy atom. The highest BCUT2D eigenvalue weighted by molar-refractivity contribution is 7.83. The second-order valence-corrected chi connectivity index (χ2v) is 10.0. The van der Waals surface area contributed by atoms with E-state index in [9.17, 15) is 9.00 Å². The molecular weight excluding hydrogens is 434 g/mol. The molecule has 0 saturated heterocycles. The topological polar surface area (TPSA) is 77.1 Å². The van der Waals surface area contributed by atoms with Gasteiger partial charge in [0.25, 0.3) is 5.56 Å². The molecule has 33 heavy (non-hydrogen) atoms. The second-order valence-electron chi connectivity index (χ2n) is 8.79. The molecule has 2 aromatic carbocycles. The molecule has 2 aromatic heterocycles. The number of hydrogen-bond donors (Lipinski definition) is 1. The minimum Gasteiger partial charge on any atom is -0.361 e. The lowest BCUT2D eigenvalue weighted by Crippen LogP contribution is -2.28. The number of nitrogens with one attached hydrogen (secondary N) is 1. The van der Waals surface area contributed by atoms with Crippen molar-refractivity contribution in [2.45, 2.75) is 50.5 Å². The number of aryl methyl sites for hydroxylation is 3. The van der Waals surface area contributed by atoms with Crippen molar-refractivity contribution in [3.8, 4) is 22.3 Å². The Morgan fingerprint density at radius 1 is 1.06 bits per heavy atom. The summed E-state index contributed by atoms with van der Waals surface area (Å²) in [5, 5.41) is 5.01. The average molecular weight is 462 g/mol. The van der Waals surface area contributed by atoms with Crippen molar-refractivity contribution in [3.63, 3.8) is 0 Å². The van der Waals surface area contributed by atoms with E-state index >= 15 is 0 Å². The number of rotatable bonds is 5. The summed E-state index contributed by atoms with van der Waals surface area (Å²) in [4.78, 5) is 13.9. The van der Waals surface area contributed by atoms with Crippen molar-refractivity contribution in [2.75, 3.05) is 0 Å². The van der Waals surface area contributed by atoms with Gasteiger partial charge in [0, 0.05) is 24.2 Å². The minimum atomic E-state index is -1.30. The second kappa shape index (κ2) is 8.72. The molecule has 0 radical (unpaired) electrons. The Hall–Kier alpha value is -3.03. The number of pyridine rings is 1. The van der Waals surface area contributed by atoms with Gasteiger partial charge in [-0.3, -0.25) is 4.79 Å². The van der Waals surface area contributed by atoms with Gasteiger partial charge in [0.2, 0.25) is 0 Å². The van der Waals surface area contributed by atoms with Crippen LogP contribution < -0.4 is 10.3 Å². The highest BCUT2D eigenvalue weighted by atomic mass is 32.2. The highest BCUT2D eigenvalue weighted by Gasteiger charge is 2.19. The number of hydrogen-bond acceptors (Lipinski definition) is 4. The Bertz CT molecular complexity index is 1410. The van der Waals surface area contributed by atoms with Crippen LogP contribution in [0.25, 0.3) is 33.2 Å². The monoisotopic (exact) mass is 461 g/mol. The first-order valence-corrected chi connectivity index (χ1v) is 12.4. The van der Waals surface area contributed by atoms with Gasteiger partial charge < -0.3 is 9.09 Å². The molecule has 7 heteroatoms. The van der Waals surface area contributed by atoms with E-state index in [0.29, 0.717) is 16.5 Å². The molecule has 1 saturated carbocycles. The van der Waals surface area contributed by atoms with Gasteiger partial charge in [-0.2, -0.15) is 0 Å². The summed E-state index contributed by atoms with van der Waals surface area (Å²) in [7, 11) is 0.483. The predicted molar refractivity (Wildman–Crippen MR) is 131 cm³/mol. The molecule has 1 unspecified atom stereocenters. The lowest BCUT2D eigenvalue weighted by molar-refractivity contribution is 0.393. The number of nitrogens with zero attached hydrogens (tertiary/aromatic N) is 2. The summed E-state index contributed by atoms with van der Waals surface area (Å²) in [5.41, 5.74) is 4.92. The van der Waals surface area contributed by atoms with E-state index in [0.717, 1.165) is 51.9 Å². The van der Waals surface area contributed by atoms with Crippen molar-refractivity contribution in [2.24, 2.45) is 7.05 Å². The van der Waals surface area contributed by atoms with Gasteiger partial charge in [0.05, 0.1) is 16.1 Å². The van der Waals surface area contributed by atoms with Crippen molar-refractivity contribution in [1.29, 1.82) is 0 Å². The average Bonchev–Trinajstić information content (AvgIpc) is 3.45. The van der Waals surface area contributed by atoms with Crippen molar-refractivity contribution in [3.05, 3.63) is 70.3 Å². The van der Waals surface area contributed by atoms with E-state index in [1.807, 2.05) is 56.3 Å². The highest BCUT2D eigenvalue weighted by Crippen LogP contribution is 2.31. The molecule has 4 aromatic rings. The summed E-state index contributed by atoms with van der Waals surface area (Å²) in [6, 6.07) is 15.7. The largest absolute Gasteiger partial charge is 0.361 e. The van der Waals surface area contributed by atoms with E-state index in [4.69, 9.17) is 4.52 Å². The molecule has 2 heterocycles. The summed E-state index contributed by atoms with van der Waals surface area (Å²) >= 11 is 0. The third-order valence-electron chi connectivity index (χ3n) is 6.53. The third kappa shape index (κ3) is 4.07. The smallest absolute Gasteiger partial charge is 0.258 e. The van der Waals surface area contributed by atoms with Crippen LogP contribution in [0.3, 0.4) is 0 Å². The van der Waals surface area contributed by atoms with Crippen LogP contribution >= 0.6 is 0 Å². The van der Waals surface area contributed by atoms with Gasteiger partial charge in [-0.25, -0.2) is 8.93 Å². The summed E-state index contributed by atoms with van der Waals surface area (Å²) in [5.74, 6) is 0.766. The molecule has 0 bridgehead atoms. The molecule has 1 atom stereocenters. The van der Waals surface area contributed by atoms with Gasteiger partial charge >= 0.3 is 0 Å². The Balaban J connectivity index is 1.57. The lowest BCUT2D eigenvalue weighted by Gasteiger charge is -2.13. The van der Waals surface area contributed by atoms with E-state index in [2.05, 4.69) is 15.9 Å². The normalized spacial score (nSPS) is 15.4. The molecule has 1 aliphatic rings. The molecule has 5 rings (SSSR count). The first kappa shape index (κ1) is 21.8. The first-order valence-electron chi connectivity index (χ1n) is 11.3. The van der Waals surface area contributed by atoms with E-state index in [1.165, 1.54) is 12.8 Å². The van der Waals surface area contributed by atoms with Crippen LogP contribution in [0, 0.1) is 13.8 Å². The lowest BCUT2D eigenvalue weighted by atomic mass is 9.99. The zero-order valence-corrected chi connectivity index (χ0v) is 19.9. The molecule has 0 spiro atoms. The van der Waals surface area contributed by atoms with Crippen LogP contribution in [-0.4, -0.2) is 20.0 Å². The zero-order chi connectivity index (χ0) is 23.1. The maximum atomic E-state index is 13.2. The van der Waals surface area contributed by atoms with E-state index < -0.39 is 11.0 Å². The summed E-state index contributed by atoms with van der Waals surface area (Å²) in [6.07, 6.45) is 4.48. The van der Waals surface area contributed by atoms with Gasteiger partial charge in [-0.05, 0) is 73.5 Å². The number of fused-ring (bicyclic) bond motifs is 1. The van der Waals surface area contributed by atoms with Crippen LogP contribution in [0.15, 0.2) is 62.7 Å². The number of aromatic nitrogens is 2. The molecule has 170 valence electrons. The fourth-order valence-electron chi connectivity index (χ4n) is 4.78. The quantitative estimate of drug-likeness (QED) is 0.452. The summed E-state index contributed by atoms with van der Waals surface area (Å²) < 4.78 is 23.1. The molecular formula is C26H27N3O3S. The molecule has 1 aliphatic carbocycles. The minimum absolute atomic E-state index is 0.0840. The maximum absolute atomic E-state index is 13.2. The predicted octanol–water partition coefficient (Wildman–Crippen LogP) is 5.03. The van der Waals surface area contributed by atoms with Gasteiger partial charge in [0.1, 0.15) is 16.7 Å². The molecule has 1 N–H and O–H groups in total. The summed E-state index contributed by atoms with van der Waals surface area (Å²) in [6.45, 7) is 3.82. The third-order valence-corrected chi connectivity index (χ3v) is 7.76. The van der Waals surface area contributed by atoms with Crippen LogP contribution in [0.2, 0.25) is 0 Å². The molecule has 0 aliphatic heterocycles. The molecule has 0 amide bonds. The van der Waals surface area contributed by atoms with Crippen LogP contribution in [-0.2, 0) is 18.0 Å².